The largest absolute Gasteiger partial charge is 0.471 e. The Balaban J connectivity index is 0.000000431. The maximum Gasteiger partial charge on any atom is 0.394 e. The van der Waals surface area contributed by atoms with Crippen LogP contribution in [0.5, 0.6) is 5.88 Å². The Morgan fingerprint density at radius 3 is 2.38 bits per heavy atom. The van der Waals surface area contributed by atoms with Crippen molar-refractivity contribution in [2.24, 2.45) is 5.92 Å². The minimum atomic E-state index is -4.67. The first kappa shape index (κ1) is 21.2. The summed E-state index contributed by atoms with van der Waals surface area (Å²) in [4.78, 5) is 4.47. The van der Waals surface area contributed by atoms with E-state index in [1.165, 1.54) is 41.6 Å². The number of aromatic nitrogens is 2. The van der Waals surface area contributed by atoms with E-state index in [1.54, 1.807) is 18.3 Å². The summed E-state index contributed by atoms with van der Waals surface area (Å²) in [7, 11) is -4.67. The molecule has 0 saturated heterocycles. The monoisotopic (exact) mass is 422 g/mol. The molecular formula is C20H23FN2O5S. The van der Waals surface area contributed by atoms with Crippen molar-refractivity contribution in [1.82, 2.24) is 9.55 Å². The number of ether oxygens (including phenoxy) is 1. The van der Waals surface area contributed by atoms with Crippen molar-refractivity contribution in [3.8, 4) is 5.88 Å². The van der Waals surface area contributed by atoms with Gasteiger partial charge in [0.1, 0.15) is 17.9 Å². The van der Waals surface area contributed by atoms with Crippen LogP contribution >= 0.6 is 0 Å². The summed E-state index contributed by atoms with van der Waals surface area (Å²) in [6.45, 7) is 5.75. The molecule has 2 heterocycles. The van der Waals surface area contributed by atoms with E-state index in [0.717, 1.165) is 23.5 Å². The lowest BCUT2D eigenvalue weighted by Crippen LogP contribution is -2.05. The Kier molecular flexibility index (Phi) is 6.21. The first-order valence-electron chi connectivity index (χ1n) is 9.15. The summed E-state index contributed by atoms with van der Waals surface area (Å²) < 4.78 is 53.0. The van der Waals surface area contributed by atoms with E-state index >= 15 is 0 Å². The van der Waals surface area contributed by atoms with E-state index in [-0.39, 0.29) is 5.82 Å². The van der Waals surface area contributed by atoms with Crippen molar-refractivity contribution in [2.45, 2.75) is 39.8 Å². The Labute approximate surface area is 168 Å². The number of hydrogen-bond acceptors (Lipinski definition) is 4. The summed E-state index contributed by atoms with van der Waals surface area (Å²) in [6.07, 6.45) is 4.42. The number of benzene rings is 1. The molecule has 1 aromatic carbocycles. The molecule has 1 saturated carbocycles. The van der Waals surface area contributed by atoms with Gasteiger partial charge >= 0.3 is 10.4 Å². The highest BCUT2D eigenvalue weighted by molar-refractivity contribution is 7.79. The molecule has 1 fully saturated rings. The third-order valence-electron chi connectivity index (χ3n) is 4.94. The van der Waals surface area contributed by atoms with Gasteiger partial charge in [-0.1, -0.05) is 12.1 Å². The molecule has 2 aromatic heterocycles. The van der Waals surface area contributed by atoms with Crippen molar-refractivity contribution < 1.29 is 26.7 Å². The van der Waals surface area contributed by atoms with Gasteiger partial charge in [-0.15, -0.1) is 0 Å². The van der Waals surface area contributed by atoms with Gasteiger partial charge in [0.2, 0.25) is 5.88 Å². The molecule has 29 heavy (non-hydrogen) atoms. The second kappa shape index (κ2) is 8.48. The van der Waals surface area contributed by atoms with Crippen LogP contribution < -0.4 is 4.74 Å². The number of hydrogen-bond donors (Lipinski definition) is 2. The molecule has 0 bridgehead atoms. The van der Waals surface area contributed by atoms with Crippen LogP contribution in [0.25, 0.3) is 10.9 Å². The summed E-state index contributed by atoms with van der Waals surface area (Å²) in [5.74, 6) is 1.21. The predicted molar refractivity (Wildman–Crippen MR) is 107 cm³/mol. The molecule has 2 N–H and O–H groups in total. The van der Waals surface area contributed by atoms with Gasteiger partial charge in [0.05, 0.1) is 0 Å². The number of nitrogens with zero attached hydrogens (tertiary/aromatic N) is 2. The second-order valence-electron chi connectivity index (χ2n) is 7.14. The quantitative estimate of drug-likeness (QED) is 0.600. The zero-order valence-electron chi connectivity index (χ0n) is 16.2. The summed E-state index contributed by atoms with van der Waals surface area (Å²) in [6, 6.07) is 8.46. The average molecular weight is 422 g/mol. The van der Waals surface area contributed by atoms with Gasteiger partial charge in [0.25, 0.3) is 0 Å². The maximum atomic E-state index is 13.0. The third kappa shape index (κ3) is 5.75. The molecular weight excluding hydrogens is 399 g/mol. The highest BCUT2D eigenvalue weighted by Gasteiger charge is 2.25. The average Bonchev–Trinajstić information content (AvgIpc) is 3.43. The molecule has 0 spiro atoms. The van der Waals surface area contributed by atoms with Gasteiger partial charge in [-0.3, -0.25) is 9.11 Å². The van der Waals surface area contributed by atoms with Crippen LogP contribution in [-0.2, 0) is 23.6 Å². The minimum Gasteiger partial charge on any atom is -0.471 e. The van der Waals surface area contributed by atoms with Crippen LogP contribution in [0, 0.1) is 25.6 Å². The summed E-state index contributed by atoms with van der Waals surface area (Å²) >= 11 is 0. The number of rotatable bonds is 5. The van der Waals surface area contributed by atoms with Gasteiger partial charge in [0.15, 0.2) is 0 Å². The van der Waals surface area contributed by atoms with Gasteiger partial charge in [-0.05, 0) is 61.9 Å². The Morgan fingerprint density at radius 1 is 1.17 bits per heavy atom. The first-order valence-corrected chi connectivity index (χ1v) is 10.5. The second-order valence-corrected chi connectivity index (χ2v) is 8.04. The van der Waals surface area contributed by atoms with Crippen LogP contribution in [0.2, 0.25) is 0 Å². The smallest absolute Gasteiger partial charge is 0.394 e. The topological polar surface area (TPSA) is 102 Å². The molecule has 7 nitrogen and oxygen atoms in total. The van der Waals surface area contributed by atoms with E-state index in [0.29, 0.717) is 12.5 Å². The van der Waals surface area contributed by atoms with Crippen molar-refractivity contribution in [3.05, 3.63) is 59.2 Å². The standard InChI is InChI=1S/C20H21FN2O.H2O4S/c1-13-14(2)23(11-15-3-4-15)19-18(13)9-10-22-20(19)24-12-16-5-7-17(21)8-6-16;1-5(2,3)4/h5-10,15H,3-4,11-12H2,1-2H3;(H2,1,2,3,4). The van der Waals surface area contributed by atoms with Crippen molar-refractivity contribution in [3.63, 3.8) is 0 Å². The van der Waals surface area contributed by atoms with Crippen LogP contribution in [-0.4, -0.2) is 27.1 Å². The number of aryl methyl sites for hydroxylation is 1. The van der Waals surface area contributed by atoms with Crippen LogP contribution in [0.15, 0.2) is 36.5 Å². The van der Waals surface area contributed by atoms with Crippen LogP contribution in [0.1, 0.15) is 29.7 Å². The lowest BCUT2D eigenvalue weighted by atomic mass is 10.2. The molecule has 9 heteroatoms. The first-order chi connectivity index (χ1) is 13.6. The van der Waals surface area contributed by atoms with Gasteiger partial charge in [-0.25, -0.2) is 9.37 Å². The van der Waals surface area contributed by atoms with E-state index in [9.17, 15) is 4.39 Å². The van der Waals surface area contributed by atoms with Crippen LogP contribution in [0.4, 0.5) is 4.39 Å². The fraction of sp³-hybridized carbons (Fsp3) is 0.350. The predicted octanol–water partition coefficient (Wildman–Crippen LogP) is 4.13. The molecule has 0 atom stereocenters. The van der Waals surface area contributed by atoms with Gasteiger partial charge in [0, 0.05) is 23.8 Å². The lowest BCUT2D eigenvalue weighted by molar-refractivity contribution is 0.296. The van der Waals surface area contributed by atoms with Gasteiger partial charge < -0.3 is 9.30 Å². The van der Waals surface area contributed by atoms with Crippen molar-refractivity contribution >= 4 is 21.3 Å². The highest BCUT2D eigenvalue weighted by atomic mass is 32.3. The zero-order valence-corrected chi connectivity index (χ0v) is 17.0. The lowest BCUT2D eigenvalue weighted by Gasteiger charge is -2.11. The number of halogens is 1. The van der Waals surface area contributed by atoms with E-state index in [2.05, 4.69) is 29.5 Å². The van der Waals surface area contributed by atoms with Crippen LogP contribution in [0.3, 0.4) is 0 Å². The Morgan fingerprint density at radius 2 is 1.79 bits per heavy atom. The number of pyridine rings is 1. The molecule has 4 rings (SSSR count). The fourth-order valence-electron chi connectivity index (χ4n) is 3.19. The zero-order chi connectivity index (χ0) is 21.2. The Bertz CT molecular complexity index is 1100. The Hall–Kier alpha value is -2.49. The highest BCUT2D eigenvalue weighted by Crippen LogP contribution is 2.36. The molecule has 3 aromatic rings. The van der Waals surface area contributed by atoms with Gasteiger partial charge in [-0.2, -0.15) is 8.42 Å². The van der Waals surface area contributed by atoms with Crippen molar-refractivity contribution in [2.75, 3.05) is 0 Å². The minimum absolute atomic E-state index is 0.233. The third-order valence-corrected chi connectivity index (χ3v) is 4.94. The normalized spacial score (nSPS) is 13.8. The molecule has 0 unspecified atom stereocenters. The van der Waals surface area contributed by atoms with Crippen molar-refractivity contribution in [1.29, 1.82) is 0 Å². The number of fused-ring (bicyclic) bond motifs is 1. The SMILES string of the molecule is Cc1c(C)n(CC2CC2)c2c(OCc3ccc(F)cc3)nccc12.O=S(=O)(O)O. The fourth-order valence-corrected chi connectivity index (χ4v) is 3.19. The van der Waals surface area contributed by atoms with E-state index in [4.69, 9.17) is 22.3 Å². The van der Waals surface area contributed by atoms with E-state index < -0.39 is 10.4 Å². The summed E-state index contributed by atoms with van der Waals surface area (Å²) in [5.41, 5.74) is 4.60. The molecule has 1 aliphatic rings. The van der Waals surface area contributed by atoms with E-state index in [1.807, 2.05) is 0 Å². The molecule has 0 radical (unpaired) electrons. The molecule has 0 aliphatic heterocycles. The summed E-state index contributed by atoms with van der Waals surface area (Å²) in [5, 5.41) is 1.21. The molecule has 0 amide bonds. The maximum absolute atomic E-state index is 13.0. The molecule has 156 valence electrons. The molecule has 1 aliphatic carbocycles.